The fourth-order valence-corrected chi connectivity index (χ4v) is 2.63. The highest BCUT2D eigenvalue weighted by molar-refractivity contribution is 6.03. The van der Waals surface area contributed by atoms with E-state index >= 15 is 0 Å². The number of carbonyl (C=O) groups is 1. The normalized spacial score (nSPS) is 10.3. The molecule has 4 heteroatoms. The first-order chi connectivity index (χ1) is 12.1. The molecule has 1 heterocycles. The van der Waals surface area contributed by atoms with Crippen LogP contribution in [0.1, 0.15) is 21.6 Å². The zero-order chi connectivity index (χ0) is 17.6. The highest BCUT2D eigenvalue weighted by Gasteiger charge is 2.11. The zero-order valence-electron chi connectivity index (χ0n) is 14.4. The molecule has 1 N–H and O–H groups in total. The van der Waals surface area contributed by atoms with Crippen molar-refractivity contribution in [2.24, 2.45) is 0 Å². The van der Waals surface area contributed by atoms with Crippen molar-refractivity contribution in [1.29, 1.82) is 0 Å². The number of nitrogens with zero attached hydrogens (tertiary/aromatic N) is 2. The van der Waals surface area contributed by atoms with Gasteiger partial charge in [-0.15, -0.1) is 0 Å². The molecular formula is C21H21N3O. The topological polar surface area (TPSA) is 45.2 Å². The van der Waals surface area contributed by atoms with Crippen LogP contribution in [0.25, 0.3) is 0 Å². The van der Waals surface area contributed by atoms with Gasteiger partial charge < -0.3 is 10.2 Å². The highest BCUT2D eigenvalue weighted by atomic mass is 16.1. The Hall–Kier alpha value is -3.14. The summed E-state index contributed by atoms with van der Waals surface area (Å²) in [7, 11) is 2.01. The second-order valence-electron chi connectivity index (χ2n) is 6.01. The van der Waals surface area contributed by atoms with Gasteiger partial charge in [0, 0.05) is 31.2 Å². The van der Waals surface area contributed by atoms with Gasteiger partial charge in [-0.05, 0) is 36.2 Å². The summed E-state index contributed by atoms with van der Waals surface area (Å²) in [5, 5.41) is 2.92. The van der Waals surface area contributed by atoms with Crippen molar-refractivity contribution < 1.29 is 4.79 Å². The summed E-state index contributed by atoms with van der Waals surface area (Å²) >= 11 is 0. The van der Waals surface area contributed by atoms with Crippen molar-refractivity contribution in [1.82, 2.24) is 4.98 Å². The average molecular weight is 331 g/mol. The van der Waals surface area contributed by atoms with Gasteiger partial charge in [-0.2, -0.15) is 0 Å². The maximum Gasteiger partial charge on any atom is 0.274 e. The minimum absolute atomic E-state index is 0.204. The smallest absolute Gasteiger partial charge is 0.274 e. The van der Waals surface area contributed by atoms with Gasteiger partial charge in [0.2, 0.25) is 0 Å². The lowest BCUT2D eigenvalue weighted by atomic mass is 10.2. The van der Waals surface area contributed by atoms with Crippen LogP contribution in [0.15, 0.2) is 72.9 Å². The van der Waals surface area contributed by atoms with Crippen LogP contribution >= 0.6 is 0 Å². The molecule has 25 heavy (non-hydrogen) atoms. The molecule has 0 bridgehead atoms. The summed E-state index contributed by atoms with van der Waals surface area (Å²) in [6.45, 7) is 2.73. The molecule has 0 aliphatic carbocycles. The van der Waals surface area contributed by atoms with Gasteiger partial charge in [0.05, 0.1) is 0 Å². The monoisotopic (exact) mass is 331 g/mol. The summed E-state index contributed by atoms with van der Waals surface area (Å²) in [5.74, 6) is -0.204. The number of amides is 1. The van der Waals surface area contributed by atoms with Gasteiger partial charge in [0.1, 0.15) is 5.69 Å². The zero-order valence-corrected chi connectivity index (χ0v) is 14.4. The average Bonchev–Trinajstić information content (AvgIpc) is 2.64. The van der Waals surface area contributed by atoms with Gasteiger partial charge >= 0.3 is 0 Å². The number of hydrogen-bond donors (Lipinski definition) is 1. The SMILES string of the molecule is Cc1ccccc1NC(=O)c1cc(N(C)Cc2ccccc2)ccn1. The summed E-state index contributed by atoms with van der Waals surface area (Å²) in [4.78, 5) is 18.8. The molecule has 0 aliphatic rings. The van der Waals surface area contributed by atoms with E-state index in [0.29, 0.717) is 5.69 Å². The summed E-state index contributed by atoms with van der Waals surface area (Å²) in [6.07, 6.45) is 1.67. The fourth-order valence-electron chi connectivity index (χ4n) is 2.63. The van der Waals surface area contributed by atoms with Gasteiger partial charge in [-0.3, -0.25) is 9.78 Å². The summed E-state index contributed by atoms with van der Waals surface area (Å²) in [6, 6.07) is 21.7. The Bertz CT molecular complexity index is 862. The predicted octanol–water partition coefficient (Wildman–Crippen LogP) is 4.28. The van der Waals surface area contributed by atoms with Crippen LogP contribution in [0.5, 0.6) is 0 Å². The van der Waals surface area contributed by atoms with Crippen LogP contribution in [0.4, 0.5) is 11.4 Å². The lowest BCUT2D eigenvalue weighted by Gasteiger charge is -2.20. The first-order valence-corrected chi connectivity index (χ1v) is 8.21. The molecule has 0 spiro atoms. The number of anilines is 2. The third kappa shape index (κ3) is 4.23. The Morgan fingerprint density at radius 2 is 1.76 bits per heavy atom. The van der Waals surface area contributed by atoms with E-state index in [9.17, 15) is 4.79 Å². The lowest BCUT2D eigenvalue weighted by Crippen LogP contribution is -2.19. The molecule has 0 radical (unpaired) electrons. The quantitative estimate of drug-likeness (QED) is 0.759. The van der Waals surface area contributed by atoms with Crippen LogP contribution in [0.3, 0.4) is 0 Å². The van der Waals surface area contributed by atoms with E-state index in [4.69, 9.17) is 0 Å². The molecule has 2 aromatic carbocycles. The molecule has 3 aromatic rings. The molecule has 3 rings (SSSR count). The third-order valence-electron chi connectivity index (χ3n) is 4.07. The Kier molecular flexibility index (Phi) is 5.09. The number of aromatic nitrogens is 1. The van der Waals surface area contributed by atoms with E-state index in [2.05, 4.69) is 27.3 Å². The third-order valence-corrected chi connectivity index (χ3v) is 4.07. The molecule has 4 nitrogen and oxygen atoms in total. The molecule has 1 aromatic heterocycles. The highest BCUT2D eigenvalue weighted by Crippen LogP contribution is 2.18. The maximum atomic E-state index is 12.5. The van der Waals surface area contributed by atoms with E-state index in [1.807, 2.05) is 68.6 Å². The van der Waals surface area contributed by atoms with Crippen molar-refractivity contribution in [2.75, 3.05) is 17.3 Å². The number of rotatable bonds is 5. The summed E-state index contributed by atoms with van der Waals surface area (Å²) in [5.41, 5.74) is 4.40. The van der Waals surface area contributed by atoms with Crippen molar-refractivity contribution in [3.63, 3.8) is 0 Å². The van der Waals surface area contributed by atoms with E-state index in [1.54, 1.807) is 6.20 Å². The van der Waals surface area contributed by atoms with Crippen LogP contribution in [0.2, 0.25) is 0 Å². The van der Waals surface area contributed by atoms with E-state index in [0.717, 1.165) is 23.5 Å². The van der Waals surface area contributed by atoms with Gasteiger partial charge in [-0.1, -0.05) is 48.5 Å². The fraction of sp³-hybridized carbons (Fsp3) is 0.143. The van der Waals surface area contributed by atoms with E-state index in [-0.39, 0.29) is 5.91 Å². The maximum absolute atomic E-state index is 12.5. The number of carbonyl (C=O) groups excluding carboxylic acids is 1. The van der Waals surface area contributed by atoms with Crippen LogP contribution < -0.4 is 10.2 Å². The Labute approximate surface area is 148 Å². The molecule has 1 amide bonds. The van der Waals surface area contributed by atoms with E-state index < -0.39 is 0 Å². The minimum atomic E-state index is -0.204. The molecular weight excluding hydrogens is 310 g/mol. The number of para-hydroxylation sites is 1. The van der Waals surface area contributed by atoms with Crippen molar-refractivity contribution in [2.45, 2.75) is 13.5 Å². The molecule has 0 aliphatic heterocycles. The lowest BCUT2D eigenvalue weighted by molar-refractivity contribution is 0.102. The largest absolute Gasteiger partial charge is 0.370 e. The molecule has 0 fully saturated rings. The summed E-state index contributed by atoms with van der Waals surface area (Å²) < 4.78 is 0. The van der Waals surface area contributed by atoms with Crippen molar-refractivity contribution in [3.05, 3.63) is 89.7 Å². The number of nitrogens with one attached hydrogen (secondary N) is 1. The predicted molar refractivity (Wildman–Crippen MR) is 102 cm³/mol. The number of hydrogen-bond acceptors (Lipinski definition) is 3. The standard InChI is InChI=1S/C21H21N3O/c1-16-8-6-7-11-19(16)23-21(25)20-14-18(12-13-22-20)24(2)15-17-9-4-3-5-10-17/h3-14H,15H2,1-2H3,(H,23,25). The molecule has 0 saturated carbocycles. The Morgan fingerprint density at radius 3 is 2.52 bits per heavy atom. The molecule has 0 unspecified atom stereocenters. The Morgan fingerprint density at radius 1 is 1.04 bits per heavy atom. The van der Waals surface area contributed by atoms with Crippen LogP contribution in [0, 0.1) is 6.92 Å². The first-order valence-electron chi connectivity index (χ1n) is 8.21. The number of aryl methyl sites for hydroxylation is 1. The van der Waals surface area contributed by atoms with Crippen molar-refractivity contribution in [3.8, 4) is 0 Å². The van der Waals surface area contributed by atoms with Crippen LogP contribution in [-0.4, -0.2) is 17.9 Å². The molecule has 0 atom stereocenters. The second kappa shape index (κ2) is 7.62. The second-order valence-corrected chi connectivity index (χ2v) is 6.01. The van der Waals surface area contributed by atoms with Gasteiger partial charge in [0.25, 0.3) is 5.91 Å². The number of pyridine rings is 1. The Balaban J connectivity index is 1.74. The van der Waals surface area contributed by atoms with Gasteiger partial charge in [0.15, 0.2) is 0 Å². The molecule has 126 valence electrons. The van der Waals surface area contributed by atoms with Crippen molar-refractivity contribution >= 4 is 17.3 Å². The number of benzene rings is 2. The minimum Gasteiger partial charge on any atom is -0.370 e. The van der Waals surface area contributed by atoms with E-state index in [1.165, 1.54) is 5.56 Å². The van der Waals surface area contributed by atoms with Crippen LogP contribution in [-0.2, 0) is 6.54 Å². The first kappa shape index (κ1) is 16.7. The van der Waals surface area contributed by atoms with Gasteiger partial charge in [-0.25, -0.2) is 0 Å². The molecule has 0 saturated heterocycles.